The molecule has 0 saturated heterocycles. The molecule has 0 atom stereocenters. The van der Waals surface area contributed by atoms with Crippen molar-refractivity contribution >= 4 is 17.3 Å². The van der Waals surface area contributed by atoms with E-state index in [1.54, 1.807) is 12.1 Å². The van der Waals surface area contributed by atoms with Crippen molar-refractivity contribution in [2.75, 3.05) is 5.32 Å². The Labute approximate surface area is 74.0 Å². The van der Waals surface area contributed by atoms with E-state index in [-0.39, 0.29) is 0 Å². The van der Waals surface area contributed by atoms with Crippen LogP contribution < -0.4 is 5.32 Å². The number of nitrogens with one attached hydrogen (secondary N) is 1. The highest BCUT2D eigenvalue weighted by atomic mass is 35.5. The summed E-state index contributed by atoms with van der Waals surface area (Å²) in [6.07, 6.45) is -2.90. The number of aliphatic hydroxyl groups is 3. The van der Waals surface area contributed by atoms with Gasteiger partial charge >= 0.3 is 6.10 Å². The molecule has 0 aliphatic carbocycles. The van der Waals surface area contributed by atoms with Gasteiger partial charge in [0.25, 0.3) is 0 Å². The molecular weight excluding hydrogens is 182 g/mol. The second kappa shape index (κ2) is 3.28. The van der Waals surface area contributed by atoms with Gasteiger partial charge in [-0.1, -0.05) is 11.6 Å². The average Bonchev–Trinajstić information content (AvgIpc) is 1.91. The molecule has 0 aliphatic heterocycles. The maximum atomic E-state index is 8.51. The van der Waals surface area contributed by atoms with Crippen LogP contribution in [0.3, 0.4) is 0 Å². The summed E-state index contributed by atoms with van der Waals surface area (Å²) in [6.45, 7) is 0. The Bertz CT molecular complexity index is 254. The van der Waals surface area contributed by atoms with Crippen molar-refractivity contribution < 1.29 is 15.3 Å². The van der Waals surface area contributed by atoms with Gasteiger partial charge in [-0.05, 0) is 24.3 Å². The highest BCUT2D eigenvalue weighted by Crippen LogP contribution is 2.14. The first kappa shape index (κ1) is 9.28. The third kappa shape index (κ3) is 3.06. The number of hydrogen-bond donors (Lipinski definition) is 4. The molecular formula is C7H8ClNO3. The Hall–Kier alpha value is -0.810. The zero-order valence-electron chi connectivity index (χ0n) is 6.03. The minimum Gasteiger partial charge on any atom is -0.325 e. The number of halogens is 1. The summed E-state index contributed by atoms with van der Waals surface area (Å²) in [5, 5.41) is 28.1. The third-order valence-electron chi connectivity index (χ3n) is 1.16. The highest BCUT2D eigenvalue weighted by molar-refractivity contribution is 6.30. The fraction of sp³-hybridized carbons (Fsp3) is 0.143. The second-order valence-electron chi connectivity index (χ2n) is 2.27. The average molecular weight is 190 g/mol. The molecule has 0 radical (unpaired) electrons. The van der Waals surface area contributed by atoms with E-state index in [2.05, 4.69) is 0 Å². The van der Waals surface area contributed by atoms with Gasteiger partial charge in [0.1, 0.15) is 0 Å². The third-order valence-corrected chi connectivity index (χ3v) is 1.41. The summed E-state index contributed by atoms with van der Waals surface area (Å²) in [4.78, 5) is 0. The maximum absolute atomic E-state index is 8.51. The number of benzene rings is 1. The first-order valence-corrected chi connectivity index (χ1v) is 3.56. The fourth-order valence-corrected chi connectivity index (χ4v) is 0.853. The Balaban J connectivity index is 2.71. The van der Waals surface area contributed by atoms with Crippen molar-refractivity contribution in [2.45, 2.75) is 6.10 Å². The molecule has 0 saturated carbocycles. The van der Waals surface area contributed by atoms with E-state index in [9.17, 15) is 0 Å². The van der Waals surface area contributed by atoms with E-state index in [4.69, 9.17) is 26.9 Å². The largest absolute Gasteiger partial charge is 0.367 e. The van der Waals surface area contributed by atoms with Gasteiger partial charge in [0.15, 0.2) is 0 Å². The zero-order chi connectivity index (χ0) is 9.19. The molecule has 4 nitrogen and oxygen atoms in total. The lowest BCUT2D eigenvalue weighted by Crippen LogP contribution is -2.36. The molecule has 0 amide bonds. The van der Waals surface area contributed by atoms with E-state index >= 15 is 0 Å². The quantitative estimate of drug-likeness (QED) is 0.507. The Morgan fingerprint density at radius 2 is 1.58 bits per heavy atom. The van der Waals surface area contributed by atoms with Gasteiger partial charge in [-0.15, -0.1) is 0 Å². The molecule has 66 valence electrons. The Morgan fingerprint density at radius 3 is 2.00 bits per heavy atom. The molecule has 0 aromatic heterocycles. The minimum atomic E-state index is -2.90. The normalized spacial score (nSPS) is 11.3. The maximum Gasteiger partial charge on any atom is 0.367 e. The molecule has 1 rings (SSSR count). The van der Waals surface area contributed by atoms with Crippen LogP contribution in [0.1, 0.15) is 0 Å². The minimum absolute atomic E-state index is 0.354. The summed E-state index contributed by atoms with van der Waals surface area (Å²) in [6, 6.07) is 6.10. The highest BCUT2D eigenvalue weighted by Gasteiger charge is 2.16. The van der Waals surface area contributed by atoms with E-state index in [0.717, 1.165) is 0 Å². The molecule has 0 fully saturated rings. The molecule has 1 aromatic rings. The van der Waals surface area contributed by atoms with Crippen LogP contribution >= 0.6 is 11.6 Å². The van der Waals surface area contributed by atoms with Crippen LogP contribution in [0.25, 0.3) is 0 Å². The van der Waals surface area contributed by atoms with E-state index in [0.29, 0.717) is 10.7 Å². The second-order valence-corrected chi connectivity index (χ2v) is 2.70. The lowest BCUT2D eigenvalue weighted by atomic mass is 10.3. The molecule has 0 heterocycles. The lowest BCUT2D eigenvalue weighted by molar-refractivity contribution is -0.289. The Kier molecular flexibility index (Phi) is 2.54. The SMILES string of the molecule is OC(O)(O)Nc1ccc(Cl)cc1. The number of anilines is 1. The Morgan fingerprint density at radius 1 is 1.08 bits per heavy atom. The van der Waals surface area contributed by atoms with E-state index in [1.165, 1.54) is 12.1 Å². The molecule has 12 heavy (non-hydrogen) atoms. The van der Waals surface area contributed by atoms with Gasteiger partial charge in [-0.2, -0.15) is 0 Å². The zero-order valence-corrected chi connectivity index (χ0v) is 6.78. The van der Waals surface area contributed by atoms with Crippen molar-refractivity contribution in [3.63, 3.8) is 0 Å². The molecule has 0 bridgehead atoms. The molecule has 4 N–H and O–H groups in total. The predicted octanol–water partition coefficient (Wildman–Crippen LogP) is 0.340. The van der Waals surface area contributed by atoms with Crippen LogP contribution in [0.15, 0.2) is 24.3 Å². The standard InChI is InChI=1S/C7H8ClNO3/c8-5-1-3-6(4-2-5)9-7(10,11)12/h1-4,9-12H. The van der Waals surface area contributed by atoms with E-state index < -0.39 is 6.10 Å². The van der Waals surface area contributed by atoms with Crippen molar-refractivity contribution in [3.8, 4) is 0 Å². The van der Waals surface area contributed by atoms with Crippen molar-refractivity contribution in [2.24, 2.45) is 0 Å². The van der Waals surface area contributed by atoms with Crippen LogP contribution in [0.5, 0.6) is 0 Å². The number of hydrogen-bond acceptors (Lipinski definition) is 4. The van der Waals surface area contributed by atoms with Crippen LogP contribution in [0, 0.1) is 0 Å². The summed E-state index contributed by atoms with van der Waals surface area (Å²) in [5.41, 5.74) is 0.354. The summed E-state index contributed by atoms with van der Waals surface area (Å²) in [5.74, 6) is 0. The van der Waals surface area contributed by atoms with E-state index in [1.807, 2.05) is 5.32 Å². The van der Waals surface area contributed by atoms with Gasteiger partial charge in [0.2, 0.25) is 0 Å². The summed E-state index contributed by atoms with van der Waals surface area (Å²) in [7, 11) is 0. The van der Waals surface area contributed by atoms with Crippen molar-refractivity contribution in [1.82, 2.24) is 0 Å². The summed E-state index contributed by atoms with van der Waals surface area (Å²) >= 11 is 5.57. The molecule has 0 unspecified atom stereocenters. The topological polar surface area (TPSA) is 72.7 Å². The summed E-state index contributed by atoms with van der Waals surface area (Å²) < 4.78 is 0. The lowest BCUT2D eigenvalue weighted by Gasteiger charge is -2.16. The van der Waals surface area contributed by atoms with Gasteiger partial charge in [-0.25, -0.2) is 0 Å². The monoisotopic (exact) mass is 189 g/mol. The molecule has 0 aliphatic rings. The van der Waals surface area contributed by atoms with Gasteiger partial charge in [0, 0.05) is 10.7 Å². The number of rotatable bonds is 2. The first-order chi connectivity index (χ1) is 5.47. The predicted molar refractivity (Wildman–Crippen MR) is 44.5 cm³/mol. The van der Waals surface area contributed by atoms with Gasteiger partial charge in [-0.3, -0.25) is 0 Å². The molecule has 1 aromatic carbocycles. The first-order valence-electron chi connectivity index (χ1n) is 3.18. The van der Waals surface area contributed by atoms with Crippen molar-refractivity contribution in [3.05, 3.63) is 29.3 Å². The van der Waals surface area contributed by atoms with Crippen LogP contribution in [-0.2, 0) is 0 Å². The smallest absolute Gasteiger partial charge is 0.325 e. The van der Waals surface area contributed by atoms with Crippen LogP contribution in [0.4, 0.5) is 5.69 Å². The van der Waals surface area contributed by atoms with Crippen molar-refractivity contribution in [1.29, 1.82) is 0 Å². The van der Waals surface area contributed by atoms with Gasteiger partial charge in [0.05, 0.1) is 0 Å². The van der Waals surface area contributed by atoms with Crippen LogP contribution in [-0.4, -0.2) is 21.4 Å². The van der Waals surface area contributed by atoms with Crippen LogP contribution in [0.2, 0.25) is 5.02 Å². The molecule has 5 heteroatoms. The van der Waals surface area contributed by atoms with Gasteiger partial charge < -0.3 is 20.6 Å². The molecule has 0 spiro atoms. The fourth-order valence-electron chi connectivity index (χ4n) is 0.727.